The molecule has 4 unspecified atom stereocenters. The molecule has 158 valence electrons. The summed E-state index contributed by atoms with van der Waals surface area (Å²) in [5, 5.41) is 0. The molecule has 2 heterocycles. The molecular weight excluding hydrogens is 374 g/mol. The Hall–Kier alpha value is -2.33. The maximum atomic E-state index is 12.9. The molecule has 1 saturated carbocycles. The van der Waals surface area contributed by atoms with Crippen LogP contribution in [0.2, 0.25) is 0 Å². The van der Waals surface area contributed by atoms with Crippen molar-refractivity contribution in [2.24, 2.45) is 11.8 Å². The third-order valence-corrected chi connectivity index (χ3v) is 7.90. The van der Waals surface area contributed by atoms with Gasteiger partial charge in [-0.05, 0) is 66.3 Å². The molecule has 0 spiro atoms. The highest BCUT2D eigenvalue weighted by molar-refractivity contribution is 5.74. The first-order valence-corrected chi connectivity index (χ1v) is 11.2. The molecule has 0 N–H and O–H groups in total. The third kappa shape index (κ3) is 2.96. The fourth-order valence-corrected chi connectivity index (χ4v) is 6.54. The van der Waals surface area contributed by atoms with Crippen LogP contribution in [-0.2, 0) is 27.9 Å². The van der Waals surface area contributed by atoms with Gasteiger partial charge >= 0.3 is 5.97 Å². The van der Waals surface area contributed by atoms with Crippen LogP contribution in [0, 0.1) is 11.8 Å². The maximum absolute atomic E-state index is 12.9. The van der Waals surface area contributed by atoms with E-state index in [4.69, 9.17) is 9.47 Å². The first kappa shape index (κ1) is 19.6. The second kappa shape index (κ2) is 7.42. The number of rotatable bonds is 5. The van der Waals surface area contributed by atoms with E-state index in [1.807, 2.05) is 6.92 Å². The zero-order chi connectivity index (χ0) is 20.9. The molecule has 0 radical (unpaired) electrons. The summed E-state index contributed by atoms with van der Waals surface area (Å²) in [6.07, 6.45) is 2.95. The molecule has 2 aromatic carbocycles. The second-order valence-electron chi connectivity index (χ2n) is 9.34. The summed E-state index contributed by atoms with van der Waals surface area (Å²) in [6.45, 7) is 5.66. The van der Waals surface area contributed by atoms with Crippen LogP contribution in [0.25, 0.3) is 0 Å². The number of carbonyl (C=O) groups excluding carboxylic acids is 1. The SMILES string of the molecule is CCOC(=O)C1CC2C3Cc4ccc(OC)cc4[C@]2(C)CC1N3Cc1ccccc1. The summed E-state index contributed by atoms with van der Waals surface area (Å²) in [5.74, 6) is 1.32. The zero-order valence-corrected chi connectivity index (χ0v) is 18.1. The number of fused-ring (bicyclic) bond motifs is 2. The van der Waals surface area contributed by atoms with Crippen LogP contribution in [0.15, 0.2) is 48.5 Å². The molecule has 6 rings (SSSR count). The lowest BCUT2D eigenvalue weighted by atomic mass is 9.49. The predicted octanol–water partition coefficient (Wildman–Crippen LogP) is 4.35. The number of benzene rings is 2. The molecule has 0 aromatic heterocycles. The Labute approximate surface area is 179 Å². The minimum atomic E-state index is -0.0323. The number of esters is 1. The number of piperidine rings is 2. The Morgan fingerprint density at radius 3 is 2.70 bits per heavy atom. The van der Waals surface area contributed by atoms with Crippen molar-refractivity contribution in [3.63, 3.8) is 0 Å². The summed E-state index contributed by atoms with van der Waals surface area (Å²) in [6, 6.07) is 17.9. The number of hydrogen-bond donors (Lipinski definition) is 0. The first-order valence-electron chi connectivity index (χ1n) is 11.2. The van der Waals surface area contributed by atoms with E-state index in [2.05, 4.69) is 60.4 Å². The van der Waals surface area contributed by atoms with Crippen molar-refractivity contribution >= 4 is 5.97 Å². The Balaban J connectivity index is 1.56. The number of methoxy groups -OCH3 is 1. The van der Waals surface area contributed by atoms with Gasteiger partial charge in [-0.1, -0.05) is 43.3 Å². The summed E-state index contributed by atoms with van der Waals surface area (Å²) in [7, 11) is 1.74. The minimum Gasteiger partial charge on any atom is -0.497 e. The second-order valence-corrected chi connectivity index (χ2v) is 9.34. The van der Waals surface area contributed by atoms with Crippen molar-refractivity contribution < 1.29 is 14.3 Å². The molecular formula is C26H31NO3. The monoisotopic (exact) mass is 405 g/mol. The quantitative estimate of drug-likeness (QED) is 0.693. The molecule has 2 aliphatic heterocycles. The Bertz CT molecular complexity index is 943. The minimum absolute atomic E-state index is 0.0162. The molecule has 0 amide bonds. The van der Waals surface area contributed by atoms with Crippen molar-refractivity contribution in [2.75, 3.05) is 13.7 Å². The average Bonchev–Trinajstić information content (AvgIpc) is 2.76. The van der Waals surface area contributed by atoms with Gasteiger partial charge in [-0.2, -0.15) is 0 Å². The van der Waals surface area contributed by atoms with Gasteiger partial charge in [0, 0.05) is 18.6 Å². The van der Waals surface area contributed by atoms with Crippen molar-refractivity contribution in [3.8, 4) is 5.75 Å². The lowest BCUT2D eigenvalue weighted by molar-refractivity contribution is -0.167. The van der Waals surface area contributed by atoms with E-state index in [0.29, 0.717) is 18.6 Å². The summed E-state index contributed by atoms with van der Waals surface area (Å²) >= 11 is 0. The highest BCUT2D eigenvalue weighted by Crippen LogP contribution is 2.59. The van der Waals surface area contributed by atoms with Gasteiger partial charge in [0.1, 0.15) is 5.75 Å². The van der Waals surface area contributed by atoms with Crippen LogP contribution in [0.1, 0.15) is 43.4 Å². The number of carbonyl (C=O) groups is 1. The average molecular weight is 406 g/mol. The van der Waals surface area contributed by atoms with Gasteiger partial charge in [0.05, 0.1) is 19.6 Å². The Morgan fingerprint density at radius 1 is 1.17 bits per heavy atom. The van der Waals surface area contributed by atoms with Crippen LogP contribution < -0.4 is 4.74 Å². The number of hydrogen-bond acceptors (Lipinski definition) is 4. The fraction of sp³-hybridized carbons (Fsp3) is 0.500. The molecule has 30 heavy (non-hydrogen) atoms. The van der Waals surface area contributed by atoms with Crippen LogP contribution >= 0.6 is 0 Å². The van der Waals surface area contributed by atoms with Gasteiger partial charge in [0.25, 0.3) is 0 Å². The molecule has 4 heteroatoms. The number of ether oxygens (including phenoxy) is 2. The highest BCUT2D eigenvalue weighted by Gasteiger charge is 2.61. The van der Waals surface area contributed by atoms with Gasteiger partial charge in [0.2, 0.25) is 0 Å². The van der Waals surface area contributed by atoms with Gasteiger partial charge in [-0.25, -0.2) is 0 Å². The zero-order valence-electron chi connectivity index (χ0n) is 18.1. The molecule has 2 aliphatic carbocycles. The smallest absolute Gasteiger partial charge is 0.310 e. The van der Waals surface area contributed by atoms with Crippen LogP contribution in [0.3, 0.4) is 0 Å². The van der Waals surface area contributed by atoms with E-state index < -0.39 is 0 Å². The van der Waals surface area contributed by atoms with E-state index in [-0.39, 0.29) is 23.3 Å². The molecule has 2 saturated heterocycles. The topological polar surface area (TPSA) is 38.8 Å². The summed E-state index contributed by atoms with van der Waals surface area (Å²) in [5.41, 5.74) is 4.25. The normalized spacial score (nSPS) is 31.8. The van der Waals surface area contributed by atoms with Crippen LogP contribution in [0.4, 0.5) is 0 Å². The lowest BCUT2D eigenvalue weighted by Crippen LogP contribution is -2.69. The third-order valence-electron chi connectivity index (χ3n) is 7.90. The van der Waals surface area contributed by atoms with E-state index in [1.165, 1.54) is 16.7 Å². The predicted molar refractivity (Wildman–Crippen MR) is 116 cm³/mol. The van der Waals surface area contributed by atoms with Gasteiger partial charge in [0.15, 0.2) is 0 Å². The molecule has 5 atom stereocenters. The largest absolute Gasteiger partial charge is 0.497 e. The Morgan fingerprint density at radius 2 is 1.97 bits per heavy atom. The van der Waals surface area contributed by atoms with Crippen LogP contribution in [0.5, 0.6) is 5.75 Å². The summed E-state index contributed by atoms with van der Waals surface area (Å²) < 4.78 is 11.1. The molecule has 2 aromatic rings. The highest BCUT2D eigenvalue weighted by atomic mass is 16.5. The van der Waals surface area contributed by atoms with Gasteiger partial charge in [-0.15, -0.1) is 0 Å². The fourth-order valence-electron chi connectivity index (χ4n) is 6.54. The van der Waals surface area contributed by atoms with E-state index in [1.54, 1.807) is 7.11 Å². The van der Waals surface area contributed by atoms with Gasteiger partial charge in [-0.3, -0.25) is 9.69 Å². The van der Waals surface area contributed by atoms with Crippen molar-refractivity contribution in [1.82, 2.24) is 4.90 Å². The van der Waals surface area contributed by atoms with E-state index in [0.717, 1.165) is 31.6 Å². The molecule has 4 bridgehead atoms. The Kier molecular flexibility index (Phi) is 4.85. The van der Waals surface area contributed by atoms with Crippen molar-refractivity contribution in [1.29, 1.82) is 0 Å². The van der Waals surface area contributed by atoms with Crippen molar-refractivity contribution in [2.45, 2.75) is 57.2 Å². The van der Waals surface area contributed by atoms with E-state index >= 15 is 0 Å². The lowest BCUT2D eigenvalue weighted by Gasteiger charge is -2.64. The summed E-state index contributed by atoms with van der Waals surface area (Å²) in [4.78, 5) is 15.5. The molecule has 4 nitrogen and oxygen atoms in total. The standard InChI is InChI=1S/C26H31NO3/c1-4-30-25(28)20-14-22-23-12-18-10-11-19(29-3)13-21(18)26(22,2)15-24(20)27(23)16-17-8-6-5-7-9-17/h5-11,13,20,22-24H,4,12,14-16H2,1-3H3/t20?,22?,23?,24?,26-/m0/s1. The van der Waals surface area contributed by atoms with E-state index in [9.17, 15) is 4.79 Å². The molecule has 4 aliphatic rings. The van der Waals surface area contributed by atoms with Gasteiger partial charge < -0.3 is 9.47 Å². The van der Waals surface area contributed by atoms with Crippen LogP contribution in [-0.4, -0.2) is 36.7 Å². The van der Waals surface area contributed by atoms with Crippen molar-refractivity contribution in [3.05, 3.63) is 65.2 Å². The number of nitrogens with zero attached hydrogens (tertiary/aromatic N) is 1. The maximum Gasteiger partial charge on any atom is 0.310 e. The first-order chi connectivity index (χ1) is 14.5. The molecule has 3 fully saturated rings.